The van der Waals surface area contributed by atoms with Crippen LogP contribution in [0.2, 0.25) is 0 Å². The highest BCUT2D eigenvalue weighted by Gasteiger charge is 2.09. The van der Waals surface area contributed by atoms with E-state index in [2.05, 4.69) is 48.8 Å². The van der Waals surface area contributed by atoms with Crippen LogP contribution in [0.5, 0.6) is 0 Å². The molecule has 0 spiro atoms. The topological polar surface area (TPSA) is 20.2 Å². The summed E-state index contributed by atoms with van der Waals surface area (Å²) in [5.41, 5.74) is 0.941. The Labute approximate surface area is 104 Å². The van der Waals surface area contributed by atoms with Crippen molar-refractivity contribution in [3.63, 3.8) is 0 Å². The summed E-state index contributed by atoms with van der Waals surface area (Å²) in [6, 6.07) is 6.12. The predicted octanol–water partition coefficient (Wildman–Crippen LogP) is 4.08. The molecule has 15 heavy (non-hydrogen) atoms. The van der Waals surface area contributed by atoms with Gasteiger partial charge in [0.25, 0.3) is 0 Å². The van der Waals surface area contributed by atoms with Crippen LogP contribution in [0.25, 0.3) is 0 Å². The van der Waals surface area contributed by atoms with Crippen molar-refractivity contribution in [1.29, 1.82) is 0 Å². The van der Waals surface area contributed by atoms with E-state index in [0.717, 1.165) is 10.0 Å². The van der Waals surface area contributed by atoms with Crippen LogP contribution in [-0.2, 0) is 6.61 Å². The van der Waals surface area contributed by atoms with Gasteiger partial charge in [-0.2, -0.15) is 0 Å². The summed E-state index contributed by atoms with van der Waals surface area (Å²) < 4.78 is 0.992. The van der Waals surface area contributed by atoms with E-state index in [-0.39, 0.29) is 6.61 Å². The van der Waals surface area contributed by atoms with Crippen LogP contribution in [0.15, 0.2) is 27.6 Å². The zero-order chi connectivity index (χ0) is 11.4. The molecule has 0 aliphatic heterocycles. The zero-order valence-corrected chi connectivity index (χ0v) is 11.7. The minimum atomic E-state index is 0.0886. The Morgan fingerprint density at radius 3 is 2.47 bits per heavy atom. The standard InChI is InChI=1S/C12H17BrOS/c1-8(2)9(3)15-11-5-4-10(7-14)12(13)6-11/h4-6,8-9,14H,7H2,1-3H3. The molecule has 0 fully saturated rings. The van der Waals surface area contributed by atoms with Crippen molar-refractivity contribution in [2.75, 3.05) is 0 Å². The highest BCUT2D eigenvalue weighted by Crippen LogP contribution is 2.30. The van der Waals surface area contributed by atoms with Crippen LogP contribution in [0.1, 0.15) is 26.3 Å². The van der Waals surface area contributed by atoms with E-state index >= 15 is 0 Å². The summed E-state index contributed by atoms with van der Waals surface area (Å²) in [6.45, 7) is 6.79. The maximum atomic E-state index is 9.04. The largest absolute Gasteiger partial charge is 0.392 e. The van der Waals surface area contributed by atoms with Crippen molar-refractivity contribution in [1.82, 2.24) is 0 Å². The van der Waals surface area contributed by atoms with Crippen LogP contribution in [-0.4, -0.2) is 10.4 Å². The van der Waals surface area contributed by atoms with Gasteiger partial charge in [0.15, 0.2) is 0 Å². The van der Waals surface area contributed by atoms with E-state index in [9.17, 15) is 0 Å². The second-order valence-electron chi connectivity index (χ2n) is 3.98. The van der Waals surface area contributed by atoms with Crippen molar-refractivity contribution >= 4 is 27.7 Å². The second kappa shape index (κ2) is 5.92. The molecule has 0 aromatic heterocycles. The molecule has 1 atom stereocenters. The van der Waals surface area contributed by atoms with Crippen LogP contribution >= 0.6 is 27.7 Å². The summed E-state index contributed by atoms with van der Waals surface area (Å²) in [5.74, 6) is 0.672. The Morgan fingerprint density at radius 1 is 1.33 bits per heavy atom. The summed E-state index contributed by atoms with van der Waals surface area (Å²) in [4.78, 5) is 1.25. The maximum Gasteiger partial charge on any atom is 0.0692 e. The Balaban J connectivity index is 2.75. The summed E-state index contributed by atoms with van der Waals surface area (Å²) in [7, 11) is 0. The molecule has 1 unspecified atom stereocenters. The van der Waals surface area contributed by atoms with Gasteiger partial charge in [-0.25, -0.2) is 0 Å². The highest BCUT2D eigenvalue weighted by atomic mass is 79.9. The first-order chi connectivity index (χ1) is 7.04. The first-order valence-corrected chi connectivity index (χ1v) is 6.77. The molecule has 1 rings (SSSR count). The lowest BCUT2D eigenvalue weighted by molar-refractivity contribution is 0.281. The van der Waals surface area contributed by atoms with E-state index in [1.807, 2.05) is 17.8 Å². The van der Waals surface area contributed by atoms with Crippen LogP contribution in [0.4, 0.5) is 0 Å². The Hall–Kier alpha value is 0.01000. The molecule has 0 amide bonds. The van der Waals surface area contributed by atoms with E-state index in [1.165, 1.54) is 4.90 Å². The SMILES string of the molecule is CC(C)C(C)Sc1ccc(CO)c(Br)c1. The van der Waals surface area contributed by atoms with Gasteiger partial charge in [-0.1, -0.05) is 42.8 Å². The molecule has 0 radical (unpaired) electrons. The molecule has 3 heteroatoms. The molecule has 0 heterocycles. The molecule has 1 aromatic carbocycles. The minimum Gasteiger partial charge on any atom is -0.392 e. The number of aliphatic hydroxyl groups is 1. The van der Waals surface area contributed by atoms with Gasteiger partial charge in [0, 0.05) is 14.6 Å². The van der Waals surface area contributed by atoms with Gasteiger partial charge >= 0.3 is 0 Å². The third-order valence-electron chi connectivity index (χ3n) is 2.46. The van der Waals surface area contributed by atoms with E-state index in [4.69, 9.17) is 5.11 Å². The molecule has 1 nitrogen and oxygen atoms in total. The van der Waals surface area contributed by atoms with Gasteiger partial charge in [-0.3, -0.25) is 0 Å². The quantitative estimate of drug-likeness (QED) is 0.843. The fourth-order valence-electron chi connectivity index (χ4n) is 1.08. The van der Waals surface area contributed by atoms with Gasteiger partial charge in [0.1, 0.15) is 0 Å². The molecule has 84 valence electrons. The van der Waals surface area contributed by atoms with Gasteiger partial charge in [-0.15, -0.1) is 11.8 Å². The third-order valence-corrected chi connectivity index (χ3v) is 4.64. The number of hydrogen-bond donors (Lipinski definition) is 1. The van der Waals surface area contributed by atoms with Gasteiger partial charge in [0.2, 0.25) is 0 Å². The number of hydrogen-bond acceptors (Lipinski definition) is 2. The monoisotopic (exact) mass is 288 g/mol. The molecule has 1 aromatic rings. The molecule has 0 aliphatic rings. The lowest BCUT2D eigenvalue weighted by Crippen LogP contribution is -2.05. The van der Waals surface area contributed by atoms with Crippen molar-refractivity contribution in [3.05, 3.63) is 28.2 Å². The number of rotatable bonds is 4. The van der Waals surface area contributed by atoms with Gasteiger partial charge in [0.05, 0.1) is 6.61 Å². The molecular formula is C12H17BrOS. The fourth-order valence-corrected chi connectivity index (χ4v) is 2.77. The van der Waals surface area contributed by atoms with Crippen molar-refractivity contribution in [3.8, 4) is 0 Å². The molecule has 0 bridgehead atoms. The Kier molecular flexibility index (Phi) is 5.16. The summed E-state index contributed by atoms with van der Waals surface area (Å²) in [6.07, 6.45) is 0. The lowest BCUT2D eigenvalue weighted by Gasteiger charge is -2.15. The average molecular weight is 289 g/mol. The summed E-state index contributed by atoms with van der Waals surface area (Å²) in [5, 5.41) is 9.65. The first kappa shape index (κ1) is 13.1. The third kappa shape index (κ3) is 3.82. The van der Waals surface area contributed by atoms with E-state index in [0.29, 0.717) is 11.2 Å². The maximum absolute atomic E-state index is 9.04. The number of aliphatic hydroxyl groups excluding tert-OH is 1. The minimum absolute atomic E-state index is 0.0886. The van der Waals surface area contributed by atoms with Crippen LogP contribution < -0.4 is 0 Å². The smallest absolute Gasteiger partial charge is 0.0692 e. The average Bonchev–Trinajstić information content (AvgIpc) is 2.18. The normalized spacial score (nSPS) is 13.2. The lowest BCUT2D eigenvalue weighted by atomic mass is 10.2. The molecular weight excluding hydrogens is 272 g/mol. The number of benzene rings is 1. The molecule has 0 aliphatic carbocycles. The van der Waals surface area contributed by atoms with E-state index < -0.39 is 0 Å². The highest BCUT2D eigenvalue weighted by molar-refractivity contribution is 9.10. The number of thioether (sulfide) groups is 1. The Morgan fingerprint density at radius 2 is 2.00 bits per heavy atom. The summed E-state index contributed by atoms with van der Waals surface area (Å²) >= 11 is 5.33. The second-order valence-corrected chi connectivity index (χ2v) is 6.28. The zero-order valence-electron chi connectivity index (χ0n) is 9.33. The molecule has 1 N–H and O–H groups in total. The predicted molar refractivity (Wildman–Crippen MR) is 70.2 cm³/mol. The van der Waals surface area contributed by atoms with Crippen LogP contribution in [0, 0.1) is 5.92 Å². The Bertz CT molecular complexity index is 325. The van der Waals surface area contributed by atoms with Gasteiger partial charge in [-0.05, 0) is 23.6 Å². The van der Waals surface area contributed by atoms with Crippen molar-refractivity contribution in [2.45, 2.75) is 37.5 Å². The van der Waals surface area contributed by atoms with Crippen LogP contribution in [0.3, 0.4) is 0 Å². The van der Waals surface area contributed by atoms with Crippen molar-refractivity contribution in [2.24, 2.45) is 5.92 Å². The first-order valence-electron chi connectivity index (χ1n) is 5.10. The molecule has 0 saturated heterocycles. The van der Waals surface area contributed by atoms with Crippen molar-refractivity contribution < 1.29 is 5.11 Å². The van der Waals surface area contributed by atoms with E-state index in [1.54, 1.807) is 0 Å². The fraction of sp³-hybridized carbons (Fsp3) is 0.500. The molecule has 0 saturated carbocycles. The van der Waals surface area contributed by atoms with Gasteiger partial charge < -0.3 is 5.11 Å². The number of halogens is 1.